The second-order valence-electron chi connectivity index (χ2n) is 5.63. The van der Waals surface area contributed by atoms with Gasteiger partial charge in [-0.15, -0.1) is 0 Å². The highest BCUT2D eigenvalue weighted by Gasteiger charge is 2.26. The predicted molar refractivity (Wildman–Crippen MR) is 82.3 cm³/mol. The minimum absolute atomic E-state index is 0.158. The number of hydrogen-bond acceptors (Lipinski definition) is 1. The first kappa shape index (κ1) is 13.8. The standard InChI is InChI=1S/C18H18FNO/c1-12-8-9-16(19)15(11-12)18(21)20-10-4-7-14-6-3-5-13(2)17(14)20/h3,5-6,8-9,11H,4,7,10H2,1-2H3. The van der Waals surface area contributed by atoms with Crippen LogP contribution >= 0.6 is 0 Å². The first-order valence-electron chi connectivity index (χ1n) is 7.24. The smallest absolute Gasteiger partial charge is 0.261 e. The second-order valence-corrected chi connectivity index (χ2v) is 5.63. The molecular weight excluding hydrogens is 265 g/mol. The quantitative estimate of drug-likeness (QED) is 0.773. The molecule has 0 N–H and O–H groups in total. The molecule has 2 aromatic rings. The van der Waals surface area contributed by atoms with Gasteiger partial charge in [0, 0.05) is 6.54 Å². The van der Waals surface area contributed by atoms with E-state index in [4.69, 9.17) is 0 Å². The zero-order valence-corrected chi connectivity index (χ0v) is 12.3. The maximum absolute atomic E-state index is 14.0. The van der Waals surface area contributed by atoms with Gasteiger partial charge in [-0.25, -0.2) is 4.39 Å². The molecule has 0 aliphatic carbocycles. The molecule has 0 saturated carbocycles. The highest BCUT2D eigenvalue weighted by molar-refractivity contribution is 6.07. The van der Waals surface area contributed by atoms with Crippen molar-refractivity contribution in [3.63, 3.8) is 0 Å². The molecule has 0 unspecified atom stereocenters. The van der Waals surface area contributed by atoms with E-state index in [9.17, 15) is 9.18 Å². The lowest BCUT2D eigenvalue weighted by atomic mass is 9.97. The largest absolute Gasteiger partial charge is 0.308 e. The van der Waals surface area contributed by atoms with Gasteiger partial charge in [0.1, 0.15) is 5.82 Å². The van der Waals surface area contributed by atoms with Crippen LogP contribution in [0.2, 0.25) is 0 Å². The summed E-state index contributed by atoms with van der Waals surface area (Å²) in [7, 11) is 0. The fourth-order valence-electron chi connectivity index (χ4n) is 3.00. The molecule has 0 fully saturated rings. The lowest BCUT2D eigenvalue weighted by molar-refractivity contribution is 0.0981. The van der Waals surface area contributed by atoms with Crippen LogP contribution in [-0.4, -0.2) is 12.5 Å². The van der Waals surface area contributed by atoms with Gasteiger partial charge < -0.3 is 4.90 Å². The Balaban J connectivity index is 2.06. The third-order valence-corrected chi connectivity index (χ3v) is 4.02. The van der Waals surface area contributed by atoms with Crippen molar-refractivity contribution in [1.29, 1.82) is 0 Å². The molecule has 0 bridgehead atoms. The van der Waals surface area contributed by atoms with Crippen molar-refractivity contribution in [3.8, 4) is 0 Å². The summed E-state index contributed by atoms with van der Waals surface area (Å²) in [6, 6.07) is 10.7. The van der Waals surface area contributed by atoms with Crippen LogP contribution in [0.15, 0.2) is 36.4 Å². The number of carbonyl (C=O) groups is 1. The van der Waals surface area contributed by atoms with E-state index in [2.05, 4.69) is 0 Å². The zero-order valence-electron chi connectivity index (χ0n) is 12.3. The van der Waals surface area contributed by atoms with Crippen molar-refractivity contribution in [2.75, 3.05) is 11.4 Å². The SMILES string of the molecule is Cc1ccc(F)c(C(=O)N2CCCc3cccc(C)c32)c1. The van der Waals surface area contributed by atoms with Gasteiger partial charge in [-0.2, -0.15) is 0 Å². The summed E-state index contributed by atoms with van der Waals surface area (Å²) in [6.07, 6.45) is 1.88. The van der Waals surface area contributed by atoms with Crippen LogP contribution in [0.3, 0.4) is 0 Å². The normalized spacial score (nSPS) is 14.0. The molecule has 2 nitrogen and oxygen atoms in total. The molecule has 2 aromatic carbocycles. The average molecular weight is 283 g/mol. The lowest BCUT2D eigenvalue weighted by Gasteiger charge is -2.31. The van der Waals surface area contributed by atoms with Crippen molar-refractivity contribution >= 4 is 11.6 Å². The van der Waals surface area contributed by atoms with E-state index in [1.807, 2.05) is 32.0 Å². The number of anilines is 1. The third-order valence-electron chi connectivity index (χ3n) is 4.02. The molecule has 1 heterocycles. The molecule has 0 saturated heterocycles. The molecule has 0 atom stereocenters. The number of benzene rings is 2. The number of amides is 1. The fourth-order valence-corrected chi connectivity index (χ4v) is 3.00. The molecule has 0 spiro atoms. The topological polar surface area (TPSA) is 20.3 Å². The van der Waals surface area contributed by atoms with E-state index >= 15 is 0 Å². The van der Waals surface area contributed by atoms with Crippen molar-refractivity contribution < 1.29 is 9.18 Å². The number of rotatable bonds is 1. The molecule has 0 aromatic heterocycles. The van der Waals surface area contributed by atoms with E-state index in [-0.39, 0.29) is 11.5 Å². The Bertz CT molecular complexity index is 708. The van der Waals surface area contributed by atoms with E-state index in [0.29, 0.717) is 6.54 Å². The molecule has 3 rings (SSSR count). The Morgan fingerprint density at radius 1 is 1.19 bits per heavy atom. The summed E-state index contributed by atoms with van der Waals surface area (Å²) in [4.78, 5) is 14.5. The van der Waals surface area contributed by atoms with Gasteiger partial charge in [0.2, 0.25) is 0 Å². The van der Waals surface area contributed by atoms with E-state index in [1.165, 1.54) is 11.6 Å². The molecule has 0 radical (unpaired) electrons. The molecule has 21 heavy (non-hydrogen) atoms. The van der Waals surface area contributed by atoms with Crippen LogP contribution in [-0.2, 0) is 6.42 Å². The first-order valence-corrected chi connectivity index (χ1v) is 7.24. The Morgan fingerprint density at radius 3 is 2.81 bits per heavy atom. The summed E-state index contributed by atoms with van der Waals surface area (Å²) in [5, 5.41) is 0. The maximum Gasteiger partial charge on any atom is 0.261 e. The molecular formula is C18H18FNO. The van der Waals surface area contributed by atoms with Gasteiger partial charge in [-0.1, -0.05) is 29.8 Å². The van der Waals surface area contributed by atoms with Gasteiger partial charge in [-0.3, -0.25) is 4.79 Å². The van der Waals surface area contributed by atoms with Gasteiger partial charge in [0.05, 0.1) is 11.3 Å². The maximum atomic E-state index is 14.0. The van der Waals surface area contributed by atoms with Crippen LogP contribution in [0.1, 0.15) is 33.5 Å². The number of carbonyl (C=O) groups excluding carboxylic acids is 1. The number of fused-ring (bicyclic) bond motifs is 1. The Labute approximate surface area is 124 Å². The Hall–Kier alpha value is -2.16. The third kappa shape index (κ3) is 2.44. The van der Waals surface area contributed by atoms with Crippen molar-refractivity contribution in [2.45, 2.75) is 26.7 Å². The van der Waals surface area contributed by atoms with Crippen molar-refractivity contribution in [3.05, 3.63) is 64.5 Å². The predicted octanol–water partition coefficient (Wildman–Crippen LogP) is 4.04. The van der Waals surface area contributed by atoms with Crippen LogP contribution in [0.5, 0.6) is 0 Å². The molecule has 1 aliphatic heterocycles. The molecule has 3 heteroatoms. The highest BCUT2D eigenvalue weighted by atomic mass is 19.1. The Kier molecular flexibility index (Phi) is 3.50. The molecule has 1 aliphatic rings. The second kappa shape index (κ2) is 5.32. The van der Waals surface area contributed by atoms with Crippen LogP contribution in [0.25, 0.3) is 0 Å². The molecule has 108 valence electrons. The number of nitrogens with zero attached hydrogens (tertiary/aromatic N) is 1. The number of hydrogen-bond donors (Lipinski definition) is 0. The summed E-state index contributed by atoms with van der Waals surface area (Å²) >= 11 is 0. The van der Waals surface area contributed by atoms with E-state index in [0.717, 1.165) is 29.7 Å². The number of para-hydroxylation sites is 1. The summed E-state index contributed by atoms with van der Waals surface area (Å²) in [5.74, 6) is -0.697. The first-order chi connectivity index (χ1) is 10.1. The minimum Gasteiger partial charge on any atom is -0.308 e. The van der Waals surface area contributed by atoms with Gasteiger partial charge in [0.25, 0.3) is 5.91 Å². The van der Waals surface area contributed by atoms with Crippen LogP contribution < -0.4 is 4.90 Å². The van der Waals surface area contributed by atoms with Gasteiger partial charge >= 0.3 is 0 Å². The van der Waals surface area contributed by atoms with Gasteiger partial charge in [0.15, 0.2) is 0 Å². The Morgan fingerprint density at radius 2 is 2.00 bits per heavy atom. The summed E-state index contributed by atoms with van der Waals surface area (Å²) in [6.45, 7) is 4.51. The van der Waals surface area contributed by atoms with Gasteiger partial charge in [-0.05, 0) is 49.9 Å². The van der Waals surface area contributed by atoms with E-state index in [1.54, 1.807) is 17.0 Å². The lowest BCUT2D eigenvalue weighted by Crippen LogP contribution is -2.36. The monoisotopic (exact) mass is 283 g/mol. The van der Waals surface area contributed by atoms with Crippen LogP contribution in [0.4, 0.5) is 10.1 Å². The average Bonchev–Trinajstić information content (AvgIpc) is 2.49. The highest BCUT2D eigenvalue weighted by Crippen LogP contribution is 2.32. The van der Waals surface area contributed by atoms with Crippen molar-refractivity contribution in [1.82, 2.24) is 0 Å². The summed E-state index contributed by atoms with van der Waals surface area (Å²) in [5.41, 5.74) is 4.23. The van der Waals surface area contributed by atoms with E-state index < -0.39 is 5.82 Å². The number of halogens is 1. The minimum atomic E-state index is -0.452. The molecule has 1 amide bonds. The fraction of sp³-hybridized carbons (Fsp3) is 0.278. The summed E-state index contributed by atoms with van der Waals surface area (Å²) < 4.78 is 14.0. The van der Waals surface area contributed by atoms with Crippen LogP contribution in [0, 0.1) is 19.7 Å². The number of aryl methyl sites for hydroxylation is 3. The van der Waals surface area contributed by atoms with Crippen molar-refractivity contribution in [2.24, 2.45) is 0 Å². The zero-order chi connectivity index (χ0) is 15.0.